The normalized spacial score (nSPS) is 14.2. The first-order valence-electron chi connectivity index (χ1n) is 6.54. The molecule has 2 unspecified atom stereocenters. The summed E-state index contributed by atoms with van der Waals surface area (Å²) in [6, 6.07) is -0.00752. The van der Waals surface area contributed by atoms with Gasteiger partial charge in [0.1, 0.15) is 5.01 Å². The molecule has 2 atom stereocenters. The van der Waals surface area contributed by atoms with Gasteiger partial charge >= 0.3 is 0 Å². The van der Waals surface area contributed by atoms with E-state index in [9.17, 15) is 4.79 Å². The highest BCUT2D eigenvalue weighted by Gasteiger charge is 2.17. The Morgan fingerprint density at radius 1 is 1.44 bits per heavy atom. The monoisotopic (exact) mass is 269 g/mol. The number of nitrogens with one attached hydrogen (secondary N) is 2. The maximum Gasteiger partial charge on any atom is 0.224 e. The Kier molecular flexibility index (Phi) is 6.29. The van der Waals surface area contributed by atoms with Crippen molar-refractivity contribution in [1.82, 2.24) is 15.6 Å². The first kappa shape index (κ1) is 15.1. The molecule has 1 rings (SSSR count). The van der Waals surface area contributed by atoms with Crippen LogP contribution in [-0.2, 0) is 11.2 Å². The summed E-state index contributed by atoms with van der Waals surface area (Å²) in [5.74, 6) is 0.0645. The van der Waals surface area contributed by atoms with Crippen molar-refractivity contribution in [3.05, 3.63) is 16.1 Å². The lowest BCUT2D eigenvalue weighted by Crippen LogP contribution is -2.36. The number of aryl methyl sites for hydroxylation is 1. The largest absolute Gasteiger partial charge is 0.347 e. The molecule has 0 fully saturated rings. The van der Waals surface area contributed by atoms with E-state index in [0.717, 1.165) is 18.0 Å². The molecule has 5 heteroatoms. The summed E-state index contributed by atoms with van der Waals surface area (Å²) in [7, 11) is 0. The van der Waals surface area contributed by atoms with Crippen molar-refractivity contribution in [3.63, 3.8) is 0 Å². The molecule has 0 radical (unpaired) electrons. The standard InChI is InChI=1S/C13H23N3OS/c1-5-11-8-15-13(18-11)10(4)16-12(17)9(3)7-14-6-2/h8-10,14H,5-7H2,1-4H3,(H,16,17). The molecule has 0 aliphatic heterocycles. The quantitative estimate of drug-likeness (QED) is 0.797. The lowest BCUT2D eigenvalue weighted by atomic mass is 10.1. The Hall–Kier alpha value is -0.940. The molecule has 0 bridgehead atoms. The summed E-state index contributed by atoms with van der Waals surface area (Å²) in [5, 5.41) is 7.17. The molecular formula is C13H23N3OS. The molecule has 1 aromatic heterocycles. The van der Waals surface area contributed by atoms with E-state index in [-0.39, 0.29) is 17.9 Å². The van der Waals surface area contributed by atoms with Crippen LogP contribution in [0.25, 0.3) is 0 Å². The molecule has 102 valence electrons. The van der Waals surface area contributed by atoms with Crippen LogP contribution in [0.2, 0.25) is 0 Å². The van der Waals surface area contributed by atoms with Crippen LogP contribution < -0.4 is 10.6 Å². The third-order valence-electron chi connectivity index (χ3n) is 2.80. The van der Waals surface area contributed by atoms with Crippen LogP contribution in [0, 0.1) is 5.92 Å². The van der Waals surface area contributed by atoms with Gasteiger partial charge in [-0.1, -0.05) is 20.8 Å². The molecule has 1 amide bonds. The van der Waals surface area contributed by atoms with E-state index in [4.69, 9.17) is 0 Å². The lowest BCUT2D eigenvalue weighted by Gasteiger charge is -2.16. The summed E-state index contributed by atoms with van der Waals surface area (Å²) in [5.41, 5.74) is 0. The van der Waals surface area contributed by atoms with Crippen LogP contribution in [0.5, 0.6) is 0 Å². The number of hydrogen-bond acceptors (Lipinski definition) is 4. The van der Waals surface area contributed by atoms with E-state index in [1.54, 1.807) is 11.3 Å². The van der Waals surface area contributed by atoms with Gasteiger partial charge in [-0.25, -0.2) is 4.98 Å². The van der Waals surface area contributed by atoms with Gasteiger partial charge < -0.3 is 10.6 Å². The Balaban J connectivity index is 2.48. The van der Waals surface area contributed by atoms with E-state index >= 15 is 0 Å². The van der Waals surface area contributed by atoms with Crippen LogP contribution in [-0.4, -0.2) is 24.0 Å². The second kappa shape index (κ2) is 7.48. The van der Waals surface area contributed by atoms with Crippen molar-refractivity contribution in [3.8, 4) is 0 Å². The minimum atomic E-state index is -0.0157. The second-order valence-electron chi connectivity index (χ2n) is 4.46. The van der Waals surface area contributed by atoms with Gasteiger partial charge in [0.05, 0.1) is 6.04 Å². The maximum absolute atomic E-state index is 11.9. The van der Waals surface area contributed by atoms with Gasteiger partial charge in [-0.05, 0) is 19.9 Å². The zero-order chi connectivity index (χ0) is 13.5. The minimum absolute atomic E-state index is 0.00752. The molecule has 0 aromatic carbocycles. The highest BCUT2D eigenvalue weighted by molar-refractivity contribution is 7.11. The fourth-order valence-electron chi connectivity index (χ4n) is 1.56. The smallest absolute Gasteiger partial charge is 0.224 e. The molecule has 2 N–H and O–H groups in total. The second-order valence-corrected chi connectivity index (χ2v) is 5.60. The summed E-state index contributed by atoms with van der Waals surface area (Å²) < 4.78 is 0. The minimum Gasteiger partial charge on any atom is -0.347 e. The molecule has 0 aliphatic rings. The highest BCUT2D eigenvalue weighted by Crippen LogP contribution is 2.20. The number of hydrogen-bond donors (Lipinski definition) is 2. The van der Waals surface area contributed by atoms with Gasteiger partial charge in [-0.15, -0.1) is 11.3 Å². The number of carbonyl (C=O) groups excluding carboxylic acids is 1. The number of nitrogens with zero attached hydrogens (tertiary/aromatic N) is 1. The van der Waals surface area contributed by atoms with Crippen LogP contribution >= 0.6 is 11.3 Å². The van der Waals surface area contributed by atoms with E-state index in [0.29, 0.717) is 6.54 Å². The third-order valence-corrected chi connectivity index (χ3v) is 4.12. The van der Waals surface area contributed by atoms with Crippen molar-refractivity contribution in [2.75, 3.05) is 13.1 Å². The average molecular weight is 269 g/mol. The predicted molar refractivity (Wildman–Crippen MR) is 75.8 cm³/mol. The summed E-state index contributed by atoms with van der Waals surface area (Å²) in [4.78, 5) is 17.5. The average Bonchev–Trinajstić information content (AvgIpc) is 2.84. The van der Waals surface area contributed by atoms with Gasteiger partial charge in [0.2, 0.25) is 5.91 Å². The zero-order valence-corrected chi connectivity index (χ0v) is 12.4. The SMILES string of the molecule is CCNCC(C)C(=O)NC(C)c1ncc(CC)s1. The number of rotatable bonds is 7. The number of aromatic nitrogens is 1. The van der Waals surface area contributed by atoms with Crippen molar-refractivity contribution in [1.29, 1.82) is 0 Å². The van der Waals surface area contributed by atoms with E-state index in [1.807, 2.05) is 27.0 Å². The topological polar surface area (TPSA) is 54.0 Å². The summed E-state index contributed by atoms with van der Waals surface area (Å²) >= 11 is 1.67. The molecule has 1 heterocycles. The summed E-state index contributed by atoms with van der Waals surface area (Å²) in [6.45, 7) is 9.67. The van der Waals surface area contributed by atoms with Crippen molar-refractivity contribution in [2.24, 2.45) is 5.92 Å². The van der Waals surface area contributed by atoms with Crippen LogP contribution in [0.15, 0.2) is 6.20 Å². The fraction of sp³-hybridized carbons (Fsp3) is 0.692. The highest BCUT2D eigenvalue weighted by atomic mass is 32.1. The Morgan fingerprint density at radius 3 is 2.72 bits per heavy atom. The maximum atomic E-state index is 11.9. The molecule has 0 spiro atoms. The van der Waals surface area contributed by atoms with Gasteiger partial charge in [0.15, 0.2) is 0 Å². The lowest BCUT2D eigenvalue weighted by molar-refractivity contribution is -0.125. The van der Waals surface area contributed by atoms with Crippen molar-refractivity contribution in [2.45, 2.75) is 40.2 Å². The molecular weight excluding hydrogens is 246 g/mol. The van der Waals surface area contributed by atoms with Crippen LogP contribution in [0.3, 0.4) is 0 Å². The van der Waals surface area contributed by atoms with E-state index in [2.05, 4.69) is 22.5 Å². The van der Waals surface area contributed by atoms with Crippen molar-refractivity contribution < 1.29 is 4.79 Å². The van der Waals surface area contributed by atoms with Crippen LogP contribution in [0.4, 0.5) is 0 Å². The zero-order valence-electron chi connectivity index (χ0n) is 11.6. The molecule has 18 heavy (non-hydrogen) atoms. The van der Waals surface area contributed by atoms with Crippen molar-refractivity contribution >= 4 is 17.2 Å². The van der Waals surface area contributed by atoms with E-state index < -0.39 is 0 Å². The predicted octanol–water partition coefficient (Wildman–Crippen LogP) is 2.13. The molecule has 0 saturated carbocycles. The van der Waals surface area contributed by atoms with Gasteiger partial charge in [-0.2, -0.15) is 0 Å². The Bertz CT molecular complexity index is 378. The first-order chi connectivity index (χ1) is 8.58. The molecule has 4 nitrogen and oxygen atoms in total. The van der Waals surface area contributed by atoms with E-state index in [1.165, 1.54) is 4.88 Å². The van der Waals surface area contributed by atoms with Gasteiger partial charge in [-0.3, -0.25) is 4.79 Å². The number of thiazole rings is 1. The van der Waals surface area contributed by atoms with Crippen LogP contribution in [0.1, 0.15) is 43.6 Å². The number of amides is 1. The van der Waals surface area contributed by atoms with Gasteiger partial charge in [0.25, 0.3) is 0 Å². The third kappa shape index (κ3) is 4.38. The molecule has 0 saturated heterocycles. The first-order valence-corrected chi connectivity index (χ1v) is 7.35. The summed E-state index contributed by atoms with van der Waals surface area (Å²) in [6.07, 6.45) is 2.89. The Labute approximate surface area is 113 Å². The Morgan fingerprint density at radius 2 is 2.17 bits per heavy atom. The molecule has 1 aromatic rings. The van der Waals surface area contributed by atoms with Gasteiger partial charge in [0, 0.05) is 23.5 Å². The number of carbonyl (C=O) groups is 1. The fourth-order valence-corrected chi connectivity index (χ4v) is 2.42. The molecule has 0 aliphatic carbocycles.